The number of rotatable bonds is 5. The summed E-state index contributed by atoms with van der Waals surface area (Å²) in [6, 6.07) is 59.7. The maximum Gasteiger partial charge on any atom is 0.164 e. The van der Waals surface area contributed by atoms with Crippen molar-refractivity contribution >= 4 is 53.3 Å². The third-order valence-corrected chi connectivity index (χ3v) is 10.6. The van der Waals surface area contributed by atoms with Crippen LogP contribution in [-0.2, 0) is 0 Å². The van der Waals surface area contributed by atoms with Crippen LogP contribution in [0.25, 0.3) is 93.0 Å². The van der Waals surface area contributed by atoms with Crippen molar-refractivity contribution < 1.29 is 0 Å². The number of fused-ring (bicyclic) bond motifs is 6. The van der Waals surface area contributed by atoms with Gasteiger partial charge in [0, 0.05) is 47.6 Å². The minimum atomic E-state index is 0.646. The van der Waals surface area contributed by atoms with Crippen LogP contribution in [0, 0.1) is 0 Å². The van der Waals surface area contributed by atoms with Gasteiger partial charge in [-0.25, -0.2) is 15.0 Å². The summed E-state index contributed by atoms with van der Waals surface area (Å²) in [5, 5.41) is 4.92. The first-order valence-electron chi connectivity index (χ1n) is 16.7. The van der Waals surface area contributed by atoms with E-state index < -0.39 is 0 Å². The quantitative estimate of drug-likeness (QED) is 0.185. The molecule has 10 aromatic rings. The van der Waals surface area contributed by atoms with E-state index >= 15 is 0 Å². The van der Waals surface area contributed by atoms with Crippen LogP contribution < -0.4 is 0 Å². The minimum absolute atomic E-state index is 0.646. The number of nitrogens with zero attached hydrogens (tertiary/aromatic N) is 4. The first-order valence-corrected chi connectivity index (χ1v) is 17.5. The van der Waals surface area contributed by atoms with Crippen LogP contribution in [0.15, 0.2) is 170 Å². The predicted molar refractivity (Wildman–Crippen MR) is 209 cm³/mol. The molecule has 0 unspecified atom stereocenters. The summed E-state index contributed by atoms with van der Waals surface area (Å²) < 4.78 is 4.89. The molecule has 5 heteroatoms. The van der Waals surface area contributed by atoms with E-state index in [0.717, 1.165) is 27.8 Å². The molecular formula is C45H28N4S. The monoisotopic (exact) mass is 656 g/mol. The molecule has 4 nitrogen and oxygen atoms in total. The van der Waals surface area contributed by atoms with Crippen LogP contribution >= 0.6 is 11.3 Å². The zero-order chi connectivity index (χ0) is 33.0. The van der Waals surface area contributed by atoms with Gasteiger partial charge in [-0.05, 0) is 59.7 Å². The summed E-state index contributed by atoms with van der Waals surface area (Å²) in [6.45, 7) is 0. The highest BCUT2D eigenvalue weighted by molar-refractivity contribution is 7.25. The SMILES string of the molecule is c1ccc(-c2cccc(-c3nc(-c4ccccc4)nc(-c4ccc5sc6cccc(-n7c8ccccc8c8ccccc87)c6c5c4)n3)c2)cc1. The van der Waals surface area contributed by atoms with Crippen molar-refractivity contribution in [2.24, 2.45) is 0 Å². The Bertz CT molecular complexity index is 2820. The molecule has 0 amide bonds. The Labute approximate surface area is 292 Å². The highest BCUT2D eigenvalue weighted by Crippen LogP contribution is 2.42. The number of thiophene rings is 1. The van der Waals surface area contributed by atoms with Crippen LogP contribution in [0.2, 0.25) is 0 Å². The van der Waals surface area contributed by atoms with E-state index in [9.17, 15) is 0 Å². The second kappa shape index (κ2) is 11.6. The molecule has 0 radical (unpaired) electrons. The zero-order valence-electron chi connectivity index (χ0n) is 26.9. The van der Waals surface area contributed by atoms with Crippen molar-refractivity contribution in [3.05, 3.63) is 170 Å². The van der Waals surface area contributed by atoms with Gasteiger partial charge >= 0.3 is 0 Å². The van der Waals surface area contributed by atoms with Crippen molar-refractivity contribution in [3.8, 4) is 51.0 Å². The molecule has 0 spiro atoms. The number of benzene rings is 7. The summed E-state index contributed by atoms with van der Waals surface area (Å²) in [4.78, 5) is 15.2. The van der Waals surface area contributed by atoms with Gasteiger partial charge in [-0.1, -0.05) is 121 Å². The summed E-state index contributed by atoms with van der Waals surface area (Å²) >= 11 is 1.82. The molecule has 0 saturated heterocycles. The molecule has 3 aromatic heterocycles. The zero-order valence-corrected chi connectivity index (χ0v) is 27.7. The molecule has 50 heavy (non-hydrogen) atoms. The van der Waals surface area contributed by atoms with Crippen LogP contribution in [-0.4, -0.2) is 19.5 Å². The fourth-order valence-electron chi connectivity index (χ4n) is 7.13. The number of hydrogen-bond donors (Lipinski definition) is 0. The maximum absolute atomic E-state index is 5.14. The van der Waals surface area contributed by atoms with Crippen LogP contribution in [0.4, 0.5) is 0 Å². The van der Waals surface area contributed by atoms with Crippen LogP contribution in [0.1, 0.15) is 0 Å². The third-order valence-electron chi connectivity index (χ3n) is 9.45. The molecule has 3 heterocycles. The van der Waals surface area contributed by atoms with E-state index in [1.165, 1.54) is 47.7 Å². The maximum atomic E-state index is 5.14. The van der Waals surface area contributed by atoms with Crippen molar-refractivity contribution in [2.45, 2.75) is 0 Å². The molecule has 0 N–H and O–H groups in total. The minimum Gasteiger partial charge on any atom is -0.309 e. The van der Waals surface area contributed by atoms with E-state index in [4.69, 9.17) is 15.0 Å². The summed E-state index contributed by atoms with van der Waals surface area (Å²) in [5.41, 5.74) is 8.69. The Balaban J connectivity index is 1.19. The lowest BCUT2D eigenvalue weighted by Crippen LogP contribution is -2.00. The van der Waals surface area contributed by atoms with Gasteiger partial charge in [-0.15, -0.1) is 11.3 Å². The summed E-state index contributed by atoms with van der Waals surface area (Å²) in [6.07, 6.45) is 0. The Kier molecular flexibility index (Phi) is 6.64. The first-order chi connectivity index (χ1) is 24.8. The lowest BCUT2D eigenvalue weighted by atomic mass is 10.0. The third kappa shape index (κ3) is 4.71. The Hall–Kier alpha value is -6.43. The standard InChI is InChI=1S/C45H28N4S/c1-3-13-29(14-4-1)31-17-11-18-32(27-31)44-46-43(30-15-5-2-6-16-30)47-45(48-44)33-25-26-40-36(28-33)42-39(23-12-24-41(42)50-40)49-37-21-9-7-19-34(37)35-20-8-10-22-38(35)49/h1-28H. The average Bonchev–Trinajstić information content (AvgIpc) is 3.74. The fourth-order valence-corrected chi connectivity index (χ4v) is 8.24. The molecular weight excluding hydrogens is 629 g/mol. The Morgan fingerprint density at radius 2 is 0.900 bits per heavy atom. The van der Waals surface area contributed by atoms with Crippen molar-refractivity contribution in [1.82, 2.24) is 19.5 Å². The molecule has 7 aromatic carbocycles. The molecule has 10 rings (SSSR count). The van der Waals surface area contributed by atoms with Gasteiger partial charge in [-0.2, -0.15) is 0 Å². The van der Waals surface area contributed by atoms with Crippen molar-refractivity contribution in [3.63, 3.8) is 0 Å². The van der Waals surface area contributed by atoms with Crippen LogP contribution in [0.3, 0.4) is 0 Å². The second-order valence-electron chi connectivity index (χ2n) is 12.5. The largest absolute Gasteiger partial charge is 0.309 e. The Morgan fingerprint density at radius 3 is 1.60 bits per heavy atom. The molecule has 0 fully saturated rings. The fraction of sp³-hybridized carbons (Fsp3) is 0. The second-order valence-corrected chi connectivity index (χ2v) is 13.5. The lowest BCUT2D eigenvalue weighted by Gasteiger charge is -2.11. The summed E-state index contributed by atoms with van der Waals surface area (Å²) in [5.74, 6) is 1.94. The molecule has 234 valence electrons. The number of aromatic nitrogens is 4. The van der Waals surface area contributed by atoms with E-state index in [-0.39, 0.29) is 0 Å². The molecule has 0 bridgehead atoms. The van der Waals surface area contributed by atoms with Gasteiger partial charge in [0.25, 0.3) is 0 Å². The smallest absolute Gasteiger partial charge is 0.164 e. The highest BCUT2D eigenvalue weighted by atomic mass is 32.1. The molecule has 0 saturated carbocycles. The molecule has 0 aliphatic rings. The van der Waals surface area contributed by atoms with Gasteiger partial charge in [0.05, 0.1) is 16.7 Å². The van der Waals surface area contributed by atoms with Gasteiger partial charge < -0.3 is 4.57 Å². The molecule has 0 aliphatic heterocycles. The van der Waals surface area contributed by atoms with E-state index in [1.54, 1.807) is 0 Å². The number of para-hydroxylation sites is 2. The van der Waals surface area contributed by atoms with Gasteiger partial charge in [0.15, 0.2) is 17.5 Å². The van der Waals surface area contributed by atoms with Gasteiger partial charge in [0.2, 0.25) is 0 Å². The molecule has 0 atom stereocenters. The van der Waals surface area contributed by atoms with E-state index in [2.05, 4.69) is 150 Å². The predicted octanol–water partition coefficient (Wildman–Crippen LogP) is 12.0. The van der Waals surface area contributed by atoms with Crippen LogP contribution in [0.5, 0.6) is 0 Å². The normalized spacial score (nSPS) is 11.6. The first kappa shape index (κ1) is 28.6. The Morgan fingerprint density at radius 1 is 0.360 bits per heavy atom. The van der Waals surface area contributed by atoms with Crippen molar-refractivity contribution in [1.29, 1.82) is 0 Å². The van der Waals surface area contributed by atoms with E-state index in [0.29, 0.717) is 17.5 Å². The van der Waals surface area contributed by atoms with Gasteiger partial charge in [-0.3, -0.25) is 0 Å². The summed E-state index contributed by atoms with van der Waals surface area (Å²) in [7, 11) is 0. The topological polar surface area (TPSA) is 43.6 Å². The average molecular weight is 657 g/mol. The van der Waals surface area contributed by atoms with Crippen molar-refractivity contribution in [2.75, 3.05) is 0 Å². The molecule has 0 aliphatic carbocycles. The van der Waals surface area contributed by atoms with Gasteiger partial charge in [0.1, 0.15) is 0 Å². The lowest BCUT2D eigenvalue weighted by molar-refractivity contribution is 1.07. The van der Waals surface area contributed by atoms with E-state index in [1.807, 2.05) is 35.6 Å². The number of hydrogen-bond acceptors (Lipinski definition) is 4. The highest BCUT2D eigenvalue weighted by Gasteiger charge is 2.18.